The number of rotatable bonds is 3. The SMILES string of the molecule is CSCC(N)C(=O)N=C(N)/N=C(\N)N(C)C. The van der Waals surface area contributed by atoms with E-state index in [2.05, 4.69) is 9.98 Å². The molecule has 0 aliphatic heterocycles. The van der Waals surface area contributed by atoms with Gasteiger partial charge in [-0.2, -0.15) is 21.7 Å². The lowest BCUT2D eigenvalue weighted by Gasteiger charge is -2.09. The summed E-state index contributed by atoms with van der Waals surface area (Å²) in [5.74, 6) is -0.0231. The van der Waals surface area contributed by atoms with Crippen LogP contribution in [0, 0.1) is 0 Å². The monoisotopic (exact) mass is 246 g/mol. The van der Waals surface area contributed by atoms with Gasteiger partial charge in [-0.15, -0.1) is 0 Å². The van der Waals surface area contributed by atoms with Crippen molar-refractivity contribution in [1.29, 1.82) is 0 Å². The Bertz CT molecular complexity index is 301. The molecule has 0 aromatic carbocycles. The molecule has 0 bridgehead atoms. The van der Waals surface area contributed by atoms with Crippen LogP contribution in [0.4, 0.5) is 0 Å². The smallest absolute Gasteiger partial charge is 0.266 e. The van der Waals surface area contributed by atoms with Crippen molar-refractivity contribution in [2.45, 2.75) is 6.04 Å². The van der Waals surface area contributed by atoms with Gasteiger partial charge in [-0.05, 0) is 6.26 Å². The summed E-state index contributed by atoms with van der Waals surface area (Å²) in [4.78, 5) is 20.2. The highest BCUT2D eigenvalue weighted by Gasteiger charge is 2.12. The number of hydrogen-bond acceptors (Lipinski definition) is 3. The van der Waals surface area contributed by atoms with Gasteiger partial charge in [-0.3, -0.25) is 4.79 Å². The lowest BCUT2D eigenvalue weighted by Crippen LogP contribution is -2.35. The highest BCUT2D eigenvalue weighted by Crippen LogP contribution is 1.96. The second-order valence-electron chi connectivity index (χ2n) is 3.23. The molecule has 7 nitrogen and oxygen atoms in total. The number of nitrogens with zero attached hydrogens (tertiary/aromatic N) is 3. The zero-order valence-electron chi connectivity index (χ0n) is 9.67. The first kappa shape index (κ1) is 14.7. The third-order valence-electron chi connectivity index (χ3n) is 1.58. The first-order valence-electron chi connectivity index (χ1n) is 4.52. The molecule has 0 radical (unpaired) electrons. The number of aliphatic imine (C=N–C) groups is 2. The van der Waals surface area contributed by atoms with Crippen molar-refractivity contribution in [3.8, 4) is 0 Å². The molecule has 0 saturated carbocycles. The maximum atomic E-state index is 11.4. The van der Waals surface area contributed by atoms with Crippen LogP contribution in [-0.4, -0.2) is 54.9 Å². The Kier molecular flexibility index (Phi) is 6.50. The number of carbonyl (C=O) groups is 1. The van der Waals surface area contributed by atoms with Crippen molar-refractivity contribution >= 4 is 29.6 Å². The van der Waals surface area contributed by atoms with Gasteiger partial charge in [-0.25, -0.2) is 0 Å². The second kappa shape index (κ2) is 7.07. The summed E-state index contributed by atoms with van der Waals surface area (Å²) in [6, 6.07) is -0.663. The summed E-state index contributed by atoms with van der Waals surface area (Å²) in [5.41, 5.74) is 16.5. The normalized spacial score (nSPS) is 14.8. The van der Waals surface area contributed by atoms with Crippen molar-refractivity contribution < 1.29 is 4.79 Å². The molecule has 1 unspecified atom stereocenters. The van der Waals surface area contributed by atoms with Crippen LogP contribution in [0.25, 0.3) is 0 Å². The number of guanidine groups is 2. The van der Waals surface area contributed by atoms with E-state index in [9.17, 15) is 4.79 Å². The minimum atomic E-state index is -0.663. The van der Waals surface area contributed by atoms with Crippen LogP contribution in [0.15, 0.2) is 9.98 Å². The quantitative estimate of drug-likeness (QED) is 0.407. The summed E-state index contributed by atoms with van der Waals surface area (Å²) < 4.78 is 0. The van der Waals surface area contributed by atoms with E-state index in [4.69, 9.17) is 17.2 Å². The Labute approximate surface area is 99.1 Å². The van der Waals surface area contributed by atoms with Crippen LogP contribution in [0.3, 0.4) is 0 Å². The van der Waals surface area contributed by atoms with Crippen LogP contribution in [0.2, 0.25) is 0 Å². The Morgan fingerprint density at radius 2 is 1.94 bits per heavy atom. The first-order chi connectivity index (χ1) is 7.38. The molecule has 0 fully saturated rings. The molecule has 6 N–H and O–H groups in total. The van der Waals surface area contributed by atoms with Crippen molar-refractivity contribution in [1.82, 2.24) is 4.90 Å². The minimum absolute atomic E-state index is 0.174. The predicted molar refractivity (Wildman–Crippen MR) is 68.3 cm³/mol. The standard InChI is InChI=1S/C8H18N6OS/c1-14(2)8(11)13-7(10)12-6(15)5(9)4-16-3/h5H,4,9H2,1-3H3,(H4,10,11,12,13,15). The molecule has 0 saturated heterocycles. The summed E-state index contributed by atoms with van der Waals surface area (Å²) in [7, 11) is 3.40. The molecule has 92 valence electrons. The molecule has 0 aromatic heterocycles. The number of hydrogen-bond donors (Lipinski definition) is 3. The molecule has 1 amide bonds. The maximum absolute atomic E-state index is 11.4. The third kappa shape index (κ3) is 5.56. The molecule has 1 atom stereocenters. The van der Waals surface area contributed by atoms with E-state index >= 15 is 0 Å². The van der Waals surface area contributed by atoms with E-state index in [1.807, 2.05) is 6.26 Å². The van der Waals surface area contributed by atoms with Crippen molar-refractivity contribution in [3.63, 3.8) is 0 Å². The van der Waals surface area contributed by atoms with Crippen molar-refractivity contribution in [2.75, 3.05) is 26.1 Å². The van der Waals surface area contributed by atoms with E-state index in [0.717, 1.165) is 0 Å². The van der Waals surface area contributed by atoms with Gasteiger partial charge in [0.25, 0.3) is 5.91 Å². The van der Waals surface area contributed by atoms with Gasteiger partial charge in [0, 0.05) is 19.8 Å². The molecule has 0 aliphatic rings. The van der Waals surface area contributed by atoms with Gasteiger partial charge in [0.1, 0.15) is 0 Å². The van der Waals surface area contributed by atoms with E-state index < -0.39 is 11.9 Å². The summed E-state index contributed by atoms with van der Waals surface area (Å²) in [6.07, 6.45) is 1.85. The molecule has 0 rings (SSSR count). The molecular weight excluding hydrogens is 228 g/mol. The molecule has 8 heteroatoms. The lowest BCUT2D eigenvalue weighted by molar-refractivity contribution is -0.118. The number of thioether (sulfide) groups is 1. The summed E-state index contributed by atoms with van der Waals surface area (Å²) in [6.45, 7) is 0. The maximum Gasteiger partial charge on any atom is 0.266 e. The Morgan fingerprint density at radius 1 is 1.38 bits per heavy atom. The van der Waals surface area contributed by atoms with Crippen LogP contribution in [0.5, 0.6) is 0 Å². The number of nitrogens with two attached hydrogens (primary N) is 3. The first-order valence-corrected chi connectivity index (χ1v) is 5.91. The van der Waals surface area contributed by atoms with Gasteiger partial charge >= 0.3 is 0 Å². The molecular formula is C8H18N6OS. The minimum Gasteiger partial charge on any atom is -0.369 e. The zero-order valence-corrected chi connectivity index (χ0v) is 10.5. The molecule has 0 aliphatic carbocycles. The molecule has 0 spiro atoms. The van der Waals surface area contributed by atoms with Gasteiger partial charge in [-0.1, -0.05) is 0 Å². The van der Waals surface area contributed by atoms with Crippen LogP contribution in [0.1, 0.15) is 0 Å². The zero-order chi connectivity index (χ0) is 12.7. The van der Waals surface area contributed by atoms with Crippen LogP contribution < -0.4 is 17.2 Å². The average Bonchev–Trinajstić information content (AvgIpc) is 2.17. The second-order valence-corrected chi connectivity index (χ2v) is 4.15. The number of carbonyl (C=O) groups excluding carboxylic acids is 1. The van der Waals surface area contributed by atoms with E-state index in [1.165, 1.54) is 11.8 Å². The topological polar surface area (TPSA) is 123 Å². The molecule has 0 aromatic rings. The molecule has 16 heavy (non-hydrogen) atoms. The Hall–Kier alpha value is -1.28. The largest absolute Gasteiger partial charge is 0.369 e. The van der Waals surface area contributed by atoms with Crippen LogP contribution in [-0.2, 0) is 4.79 Å². The summed E-state index contributed by atoms with van der Waals surface area (Å²) in [5, 5.41) is 0. The highest BCUT2D eigenvalue weighted by molar-refractivity contribution is 7.98. The van der Waals surface area contributed by atoms with Crippen molar-refractivity contribution in [3.05, 3.63) is 0 Å². The van der Waals surface area contributed by atoms with Gasteiger partial charge in [0.15, 0.2) is 5.96 Å². The molecule has 0 heterocycles. The highest BCUT2D eigenvalue weighted by atomic mass is 32.2. The fourth-order valence-corrected chi connectivity index (χ4v) is 1.19. The van der Waals surface area contributed by atoms with Crippen LogP contribution >= 0.6 is 11.8 Å². The number of amides is 1. The Morgan fingerprint density at radius 3 is 2.38 bits per heavy atom. The van der Waals surface area contributed by atoms with Crippen molar-refractivity contribution in [2.24, 2.45) is 27.2 Å². The van der Waals surface area contributed by atoms with E-state index in [-0.39, 0.29) is 11.9 Å². The summed E-state index contributed by atoms with van der Waals surface area (Å²) >= 11 is 1.46. The third-order valence-corrected chi connectivity index (χ3v) is 2.27. The van der Waals surface area contributed by atoms with E-state index in [0.29, 0.717) is 5.75 Å². The fraction of sp³-hybridized carbons (Fsp3) is 0.625. The fourth-order valence-electron chi connectivity index (χ4n) is 0.689. The average molecular weight is 246 g/mol. The van der Waals surface area contributed by atoms with Gasteiger partial charge in [0.05, 0.1) is 6.04 Å². The van der Waals surface area contributed by atoms with Gasteiger partial charge < -0.3 is 22.1 Å². The Balaban J connectivity index is 4.54. The lowest BCUT2D eigenvalue weighted by atomic mass is 10.3. The van der Waals surface area contributed by atoms with E-state index in [1.54, 1.807) is 19.0 Å². The predicted octanol–water partition coefficient (Wildman–Crippen LogP) is -1.61. The van der Waals surface area contributed by atoms with Gasteiger partial charge in [0.2, 0.25) is 5.96 Å².